The zero-order valence-electron chi connectivity index (χ0n) is 12.3. The number of nitrogens with two attached hydrogens (primary N) is 1. The molecule has 0 aliphatic rings. The first-order chi connectivity index (χ1) is 9.50. The van der Waals surface area contributed by atoms with Crippen molar-refractivity contribution in [3.05, 3.63) is 42.0 Å². The highest BCUT2D eigenvalue weighted by Gasteiger charge is 2.24. The van der Waals surface area contributed by atoms with Gasteiger partial charge in [0.1, 0.15) is 11.4 Å². The first-order valence-electron chi connectivity index (χ1n) is 7.01. The van der Waals surface area contributed by atoms with Gasteiger partial charge in [-0.25, -0.2) is 0 Å². The molecule has 0 fully saturated rings. The molecular weight excluding hydrogens is 250 g/mol. The molecule has 2 rings (SSSR count). The summed E-state index contributed by atoms with van der Waals surface area (Å²) in [5.41, 5.74) is 5.75. The second kappa shape index (κ2) is 5.53. The molecule has 106 valence electrons. The Morgan fingerprint density at radius 3 is 2.40 bits per heavy atom. The van der Waals surface area contributed by atoms with Crippen LogP contribution in [0.2, 0.25) is 0 Å². The minimum atomic E-state index is -0.452. The lowest BCUT2D eigenvalue weighted by molar-refractivity contribution is 0.0776. The minimum absolute atomic E-state index is 0.285. The highest BCUT2D eigenvalue weighted by Crippen LogP contribution is 2.32. The van der Waals surface area contributed by atoms with Crippen LogP contribution in [0.1, 0.15) is 44.0 Å². The van der Waals surface area contributed by atoms with E-state index in [1.807, 2.05) is 43.3 Å². The number of carbonyl (C=O) groups excluding carboxylic acids is 1. The van der Waals surface area contributed by atoms with E-state index in [4.69, 9.17) is 10.5 Å². The van der Waals surface area contributed by atoms with E-state index in [0.717, 1.165) is 23.6 Å². The monoisotopic (exact) mass is 271 g/mol. The van der Waals surface area contributed by atoms with Crippen LogP contribution in [-0.2, 0) is 0 Å². The Morgan fingerprint density at radius 2 is 1.80 bits per heavy atom. The molecule has 0 bridgehead atoms. The van der Waals surface area contributed by atoms with Crippen LogP contribution < -0.4 is 10.5 Å². The quantitative estimate of drug-likeness (QED) is 0.896. The van der Waals surface area contributed by atoms with E-state index < -0.39 is 5.91 Å². The fourth-order valence-electron chi connectivity index (χ4n) is 2.25. The number of rotatable bonds is 5. The molecule has 2 aromatic rings. The van der Waals surface area contributed by atoms with Gasteiger partial charge >= 0.3 is 0 Å². The van der Waals surface area contributed by atoms with Crippen molar-refractivity contribution in [2.24, 2.45) is 5.73 Å². The summed E-state index contributed by atoms with van der Waals surface area (Å²) in [5, 5.41) is 1.83. The van der Waals surface area contributed by atoms with Gasteiger partial charge in [-0.1, -0.05) is 44.2 Å². The third-order valence-electron chi connectivity index (χ3n) is 3.99. The lowest BCUT2D eigenvalue weighted by Gasteiger charge is -2.29. The summed E-state index contributed by atoms with van der Waals surface area (Å²) in [7, 11) is 0. The second-order valence-corrected chi connectivity index (χ2v) is 5.28. The zero-order chi connectivity index (χ0) is 14.8. The summed E-state index contributed by atoms with van der Waals surface area (Å²) in [6.45, 7) is 6.20. The molecule has 20 heavy (non-hydrogen) atoms. The average Bonchev–Trinajstić information content (AvgIpc) is 2.46. The maximum absolute atomic E-state index is 11.8. The molecule has 0 saturated carbocycles. The van der Waals surface area contributed by atoms with Crippen LogP contribution in [-0.4, -0.2) is 11.5 Å². The molecule has 0 aromatic heterocycles. The normalized spacial score (nSPS) is 11.6. The lowest BCUT2D eigenvalue weighted by Crippen LogP contribution is -2.31. The second-order valence-electron chi connectivity index (χ2n) is 5.28. The maximum Gasteiger partial charge on any atom is 0.253 e. The first-order valence-corrected chi connectivity index (χ1v) is 7.01. The van der Waals surface area contributed by atoms with Crippen molar-refractivity contribution in [2.45, 2.75) is 39.2 Å². The van der Waals surface area contributed by atoms with Gasteiger partial charge in [-0.3, -0.25) is 4.79 Å². The molecule has 1 amide bonds. The van der Waals surface area contributed by atoms with Gasteiger partial charge in [0.15, 0.2) is 0 Å². The lowest BCUT2D eigenvalue weighted by atomic mass is 9.98. The van der Waals surface area contributed by atoms with Gasteiger partial charge in [-0.15, -0.1) is 0 Å². The molecule has 0 unspecified atom stereocenters. The molecule has 3 nitrogen and oxygen atoms in total. The van der Waals surface area contributed by atoms with Gasteiger partial charge in [-0.2, -0.15) is 0 Å². The summed E-state index contributed by atoms with van der Waals surface area (Å²) < 4.78 is 6.10. The van der Waals surface area contributed by atoms with Crippen LogP contribution >= 0.6 is 0 Å². The Hall–Kier alpha value is -2.03. The van der Waals surface area contributed by atoms with Crippen molar-refractivity contribution < 1.29 is 9.53 Å². The largest absolute Gasteiger partial charge is 0.487 e. The predicted molar refractivity (Wildman–Crippen MR) is 82.1 cm³/mol. The number of ether oxygens (including phenoxy) is 1. The van der Waals surface area contributed by atoms with E-state index in [0.29, 0.717) is 11.3 Å². The third-order valence-corrected chi connectivity index (χ3v) is 3.99. The van der Waals surface area contributed by atoms with Gasteiger partial charge in [0, 0.05) is 0 Å². The SMILES string of the molecule is CCC(C)(CC)Oc1ccc2ccccc2c1C(N)=O. The minimum Gasteiger partial charge on any atom is -0.487 e. The molecular formula is C17H21NO2. The Balaban J connectivity index is 2.59. The Morgan fingerprint density at radius 1 is 1.15 bits per heavy atom. The number of benzene rings is 2. The Labute approximate surface area is 119 Å². The molecule has 0 saturated heterocycles. The molecule has 0 aliphatic heterocycles. The van der Waals surface area contributed by atoms with E-state index in [9.17, 15) is 4.79 Å². The number of primary amides is 1. The number of amides is 1. The first kappa shape index (κ1) is 14.4. The maximum atomic E-state index is 11.8. The highest BCUT2D eigenvalue weighted by atomic mass is 16.5. The molecule has 0 aliphatic carbocycles. The van der Waals surface area contributed by atoms with Crippen LogP contribution in [0, 0.1) is 0 Å². The van der Waals surface area contributed by atoms with E-state index in [1.165, 1.54) is 0 Å². The standard InChI is InChI=1S/C17H21NO2/c1-4-17(3,5-2)20-14-11-10-12-8-6-7-9-13(12)15(14)16(18)19/h6-11H,4-5H2,1-3H3,(H2,18,19). The van der Waals surface area contributed by atoms with Gasteiger partial charge in [0.2, 0.25) is 0 Å². The summed E-state index contributed by atoms with van der Waals surface area (Å²) in [5.74, 6) is 0.119. The van der Waals surface area contributed by atoms with Crippen molar-refractivity contribution in [3.8, 4) is 5.75 Å². The van der Waals surface area contributed by atoms with Crippen molar-refractivity contribution in [2.75, 3.05) is 0 Å². The summed E-state index contributed by atoms with van der Waals surface area (Å²) >= 11 is 0. The van der Waals surface area contributed by atoms with E-state index in [-0.39, 0.29) is 5.60 Å². The molecule has 2 aromatic carbocycles. The molecule has 2 N–H and O–H groups in total. The molecule has 3 heteroatoms. The van der Waals surface area contributed by atoms with Gasteiger partial charge < -0.3 is 10.5 Å². The van der Waals surface area contributed by atoms with Crippen LogP contribution in [0.4, 0.5) is 0 Å². The fourth-order valence-corrected chi connectivity index (χ4v) is 2.25. The van der Waals surface area contributed by atoms with Crippen molar-refractivity contribution in [3.63, 3.8) is 0 Å². The summed E-state index contributed by atoms with van der Waals surface area (Å²) in [6.07, 6.45) is 1.74. The van der Waals surface area contributed by atoms with Gasteiger partial charge in [0.05, 0.1) is 5.56 Å². The van der Waals surface area contributed by atoms with E-state index in [1.54, 1.807) is 0 Å². The van der Waals surface area contributed by atoms with E-state index in [2.05, 4.69) is 13.8 Å². The number of carbonyl (C=O) groups is 1. The topological polar surface area (TPSA) is 52.3 Å². The van der Waals surface area contributed by atoms with Gasteiger partial charge in [-0.05, 0) is 36.6 Å². The van der Waals surface area contributed by atoms with Gasteiger partial charge in [0.25, 0.3) is 5.91 Å². The molecule has 0 spiro atoms. The number of hydrogen-bond donors (Lipinski definition) is 1. The number of hydrogen-bond acceptors (Lipinski definition) is 2. The van der Waals surface area contributed by atoms with Crippen molar-refractivity contribution in [1.82, 2.24) is 0 Å². The highest BCUT2D eigenvalue weighted by molar-refractivity contribution is 6.08. The number of fused-ring (bicyclic) bond motifs is 1. The Kier molecular flexibility index (Phi) is 3.98. The van der Waals surface area contributed by atoms with Crippen LogP contribution in [0.3, 0.4) is 0 Å². The molecule has 0 atom stereocenters. The smallest absolute Gasteiger partial charge is 0.253 e. The fraction of sp³-hybridized carbons (Fsp3) is 0.353. The summed E-state index contributed by atoms with van der Waals surface area (Å²) in [6, 6.07) is 11.5. The molecule has 0 heterocycles. The van der Waals surface area contributed by atoms with Crippen molar-refractivity contribution in [1.29, 1.82) is 0 Å². The Bertz CT molecular complexity index is 630. The molecule has 0 radical (unpaired) electrons. The van der Waals surface area contributed by atoms with Crippen LogP contribution in [0.15, 0.2) is 36.4 Å². The third kappa shape index (κ3) is 2.62. The average molecular weight is 271 g/mol. The van der Waals surface area contributed by atoms with Crippen molar-refractivity contribution >= 4 is 16.7 Å². The zero-order valence-corrected chi connectivity index (χ0v) is 12.3. The predicted octanol–water partition coefficient (Wildman–Crippen LogP) is 3.90. The van der Waals surface area contributed by atoms with Crippen LogP contribution in [0.25, 0.3) is 10.8 Å². The summed E-state index contributed by atoms with van der Waals surface area (Å²) in [4.78, 5) is 11.8. The van der Waals surface area contributed by atoms with E-state index >= 15 is 0 Å². The van der Waals surface area contributed by atoms with Crippen LogP contribution in [0.5, 0.6) is 5.75 Å².